The predicted octanol–water partition coefficient (Wildman–Crippen LogP) is 4.22. The number of benzene rings is 1. The number of nitrogens with zero attached hydrogens (tertiary/aromatic N) is 2. The first-order chi connectivity index (χ1) is 12.4. The second-order valence-electron chi connectivity index (χ2n) is 5.33. The molecule has 0 saturated heterocycles. The van der Waals surface area contributed by atoms with Gasteiger partial charge in [0.15, 0.2) is 5.96 Å². The van der Waals surface area contributed by atoms with Gasteiger partial charge in [-0.3, -0.25) is 0 Å². The molecule has 0 unspecified atom stereocenters. The lowest BCUT2D eigenvalue weighted by molar-refractivity contribution is -0.138. The fourth-order valence-corrected chi connectivity index (χ4v) is 2.83. The molecule has 10 heteroatoms. The van der Waals surface area contributed by atoms with Crippen molar-refractivity contribution in [1.29, 1.82) is 0 Å². The number of aliphatic imine (C=N–C) groups is 1. The second kappa shape index (κ2) is 11.3. The first-order valence-corrected chi connectivity index (χ1v) is 8.94. The number of alkyl halides is 3. The lowest BCUT2D eigenvalue weighted by atomic mass is 10.2. The van der Waals surface area contributed by atoms with Crippen molar-refractivity contribution in [3.63, 3.8) is 0 Å². The van der Waals surface area contributed by atoms with E-state index in [1.165, 1.54) is 18.2 Å². The highest BCUT2D eigenvalue weighted by Gasteiger charge is 2.33. The summed E-state index contributed by atoms with van der Waals surface area (Å²) >= 11 is 1.57. The van der Waals surface area contributed by atoms with Crippen molar-refractivity contribution in [2.24, 2.45) is 4.99 Å². The summed E-state index contributed by atoms with van der Waals surface area (Å²) in [4.78, 5) is 9.76. The van der Waals surface area contributed by atoms with E-state index in [4.69, 9.17) is 4.74 Å². The van der Waals surface area contributed by atoms with Crippen LogP contribution in [0.4, 0.5) is 13.2 Å². The van der Waals surface area contributed by atoms with E-state index in [2.05, 4.69) is 20.6 Å². The average molecular weight is 514 g/mol. The molecule has 2 rings (SSSR count). The fraction of sp³-hybridized carbons (Fsp3) is 0.412. The number of nitrogens with one attached hydrogen (secondary N) is 2. The van der Waals surface area contributed by atoms with E-state index >= 15 is 0 Å². The van der Waals surface area contributed by atoms with E-state index in [1.54, 1.807) is 17.5 Å². The first-order valence-electron chi connectivity index (χ1n) is 8.12. The number of guanidine groups is 1. The molecular weight excluding hydrogens is 492 g/mol. The van der Waals surface area contributed by atoms with Gasteiger partial charge in [-0.1, -0.05) is 12.1 Å². The highest BCUT2D eigenvalue weighted by molar-refractivity contribution is 14.0. The summed E-state index contributed by atoms with van der Waals surface area (Å²) in [6.45, 7) is 5.40. The SMILES string of the molecule is CCNC(=NCc1ncc(C)s1)NCCOc1ccccc1C(F)(F)F.I. The Morgan fingerprint density at radius 2 is 2.00 bits per heavy atom. The number of para-hydroxylation sites is 1. The molecule has 0 bridgehead atoms. The standard InChI is InChI=1S/C17H21F3N4OS.HI/c1-3-21-16(24-11-15-23-10-12(2)26-15)22-8-9-25-14-7-5-4-6-13(14)17(18,19)20;/h4-7,10H,3,8-9,11H2,1-2H3,(H2,21,22,24);1H. The van der Waals surface area contributed by atoms with Gasteiger partial charge in [0.1, 0.15) is 17.4 Å². The van der Waals surface area contributed by atoms with Gasteiger partial charge in [-0.2, -0.15) is 13.2 Å². The zero-order chi connectivity index (χ0) is 19.0. The number of hydrogen-bond donors (Lipinski definition) is 2. The van der Waals surface area contributed by atoms with E-state index in [0.29, 0.717) is 25.6 Å². The number of aromatic nitrogens is 1. The molecule has 1 aromatic heterocycles. The van der Waals surface area contributed by atoms with E-state index in [9.17, 15) is 13.2 Å². The van der Waals surface area contributed by atoms with Crippen molar-refractivity contribution in [3.05, 3.63) is 45.9 Å². The smallest absolute Gasteiger partial charge is 0.419 e. The Kier molecular flexibility index (Phi) is 9.84. The Morgan fingerprint density at radius 1 is 1.26 bits per heavy atom. The van der Waals surface area contributed by atoms with Crippen molar-refractivity contribution in [1.82, 2.24) is 15.6 Å². The Bertz CT molecular complexity index is 737. The van der Waals surface area contributed by atoms with E-state index < -0.39 is 11.7 Å². The second-order valence-corrected chi connectivity index (χ2v) is 6.65. The summed E-state index contributed by atoms with van der Waals surface area (Å²) in [6, 6.07) is 5.17. The minimum Gasteiger partial charge on any atom is -0.491 e. The average Bonchev–Trinajstić information content (AvgIpc) is 3.01. The van der Waals surface area contributed by atoms with Gasteiger partial charge in [-0.25, -0.2) is 9.98 Å². The Morgan fingerprint density at radius 3 is 2.63 bits per heavy atom. The van der Waals surface area contributed by atoms with Crippen LogP contribution in [-0.2, 0) is 12.7 Å². The number of halogens is 4. The highest BCUT2D eigenvalue weighted by Crippen LogP contribution is 2.35. The van der Waals surface area contributed by atoms with Crippen LogP contribution in [-0.4, -0.2) is 30.6 Å². The van der Waals surface area contributed by atoms with Gasteiger partial charge < -0.3 is 15.4 Å². The van der Waals surface area contributed by atoms with Crippen LogP contribution in [0.5, 0.6) is 5.75 Å². The largest absolute Gasteiger partial charge is 0.491 e. The molecule has 150 valence electrons. The van der Waals surface area contributed by atoms with Gasteiger partial charge in [0.25, 0.3) is 0 Å². The number of aryl methyl sites for hydroxylation is 1. The number of ether oxygens (including phenoxy) is 1. The van der Waals surface area contributed by atoms with E-state index in [1.807, 2.05) is 13.8 Å². The summed E-state index contributed by atoms with van der Waals surface area (Å²) in [5.41, 5.74) is -0.778. The number of rotatable bonds is 7. The third-order valence-corrected chi connectivity index (χ3v) is 4.13. The Hall–Kier alpha value is -1.56. The Labute approximate surface area is 177 Å². The van der Waals surface area contributed by atoms with Crippen molar-refractivity contribution >= 4 is 41.3 Å². The molecule has 1 aromatic carbocycles. The molecule has 0 radical (unpaired) electrons. The van der Waals surface area contributed by atoms with Crippen molar-refractivity contribution in [2.75, 3.05) is 19.7 Å². The monoisotopic (exact) mass is 514 g/mol. The van der Waals surface area contributed by atoms with Crippen molar-refractivity contribution < 1.29 is 17.9 Å². The molecule has 0 amide bonds. The van der Waals surface area contributed by atoms with Crippen LogP contribution in [0.2, 0.25) is 0 Å². The molecule has 1 heterocycles. The first kappa shape index (κ1) is 23.5. The van der Waals surface area contributed by atoms with Crippen LogP contribution < -0.4 is 15.4 Å². The van der Waals surface area contributed by atoms with Crippen LogP contribution in [0, 0.1) is 6.92 Å². The van der Waals surface area contributed by atoms with Gasteiger partial charge in [-0.05, 0) is 26.0 Å². The third kappa shape index (κ3) is 7.91. The molecule has 0 spiro atoms. The summed E-state index contributed by atoms with van der Waals surface area (Å²) in [5, 5.41) is 7.01. The van der Waals surface area contributed by atoms with Gasteiger partial charge in [0.05, 0.1) is 18.7 Å². The van der Waals surface area contributed by atoms with Gasteiger partial charge in [0, 0.05) is 17.6 Å². The quantitative estimate of drug-likeness (QED) is 0.252. The van der Waals surface area contributed by atoms with Crippen molar-refractivity contribution in [2.45, 2.75) is 26.6 Å². The minimum absolute atomic E-state index is 0. The summed E-state index contributed by atoms with van der Waals surface area (Å²) in [7, 11) is 0. The molecular formula is C17H22F3IN4OS. The van der Waals surface area contributed by atoms with Crippen LogP contribution in [0.3, 0.4) is 0 Å². The molecule has 2 aromatic rings. The molecule has 0 aliphatic heterocycles. The summed E-state index contributed by atoms with van der Waals surface area (Å²) in [5.74, 6) is 0.384. The maximum atomic E-state index is 12.9. The molecule has 0 atom stereocenters. The highest BCUT2D eigenvalue weighted by atomic mass is 127. The van der Waals surface area contributed by atoms with Crippen LogP contribution in [0.15, 0.2) is 35.5 Å². The van der Waals surface area contributed by atoms with Crippen LogP contribution >= 0.6 is 35.3 Å². The molecule has 0 aliphatic carbocycles. The number of hydrogen-bond acceptors (Lipinski definition) is 4. The van der Waals surface area contributed by atoms with Gasteiger partial charge in [-0.15, -0.1) is 35.3 Å². The van der Waals surface area contributed by atoms with E-state index in [-0.39, 0.29) is 36.3 Å². The normalized spacial score (nSPS) is 11.7. The molecule has 2 N–H and O–H groups in total. The molecule has 5 nitrogen and oxygen atoms in total. The topological polar surface area (TPSA) is 58.5 Å². The lowest BCUT2D eigenvalue weighted by Crippen LogP contribution is -2.39. The van der Waals surface area contributed by atoms with Crippen LogP contribution in [0.25, 0.3) is 0 Å². The fourth-order valence-electron chi connectivity index (χ4n) is 2.12. The molecule has 0 fully saturated rings. The molecule has 27 heavy (non-hydrogen) atoms. The van der Waals surface area contributed by atoms with Crippen LogP contribution in [0.1, 0.15) is 22.4 Å². The Balaban J connectivity index is 0.00000364. The number of thiazole rings is 1. The minimum atomic E-state index is -4.44. The molecule has 0 aliphatic rings. The maximum Gasteiger partial charge on any atom is 0.419 e. The lowest BCUT2D eigenvalue weighted by Gasteiger charge is -2.15. The van der Waals surface area contributed by atoms with Gasteiger partial charge in [0.2, 0.25) is 0 Å². The van der Waals surface area contributed by atoms with Gasteiger partial charge >= 0.3 is 6.18 Å². The zero-order valence-electron chi connectivity index (χ0n) is 15.0. The zero-order valence-corrected chi connectivity index (χ0v) is 18.1. The summed E-state index contributed by atoms with van der Waals surface area (Å²) in [6.07, 6.45) is -2.64. The maximum absolute atomic E-state index is 12.9. The molecule has 0 saturated carbocycles. The third-order valence-electron chi connectivity index (χ3n) is 3.23. The predicted molar refractivity (Wildman–Crippen MR) is 112 cm³/mol. The van der Waals surface area contributed by atoms with Crippen molar-refractivity contribution in [3.8, 4) is 5.75 Å². The summed E-state index contributed by atoms with van der Waals surface area (Å²) < 4.78 is 44.0. The van der Waals surface area contributed by atoms with E-state index in [0.717, 1.165) is 16.0 Å².